The Balaban J connectivity index is 2.94. The van der Waals surface area contributed by atoms with Crippen molar-refractivity contribution >= 4 is 36.2 Å². The van der Waals surface area contributed by atoms with Gasteiger partial charge in [-0.25, -0.2) is 0 Å². The first-order valence-corrected chi connectivity index (χ1v) is 5.05. The van der Waals surface area contributed by atoms with Gasteiger partial charge in [-0.15, -0.1) is 25.3 Å². The molecule has 2 rings (SSSR count). The van der Waals surface area contributed by atoms with Crippen molar-refractivity contribution < 1.29 is 0 Å². The summed E-state index contributed by atoms with van der Waals surface area (Å²) in [5.74, 6) is 0. The highest BCUT2D eigenvalue weighted by Gasteiger charge is 1.97. The summed E-state index contributed by atoms with van der Waals surface area (Å²) in [7, 11) is 0. The van der Waals surface area contributed by atoms with Crippen LogP contribution >= 0.6 is 25.3 Å². The minimum atomic E-state index is 0.907. The third kappa shape index (κ3) is 1.69. The van der Waals surface area contributed by atoms with Crippen molar-refractivity contribution in [3.63, 3.8) is 0 Å². The maximum absolute atomic E-state index is 4.47. The van der Waals surface area contributed by atoms with E-state index in [4.69, 9.17) is 0 Å². The van der Waals surface area contributed by atoms with Gasteiger partial charge in [0.1, 0.15) is 0 Å². The van der Waals surface area contributed by atoms with Crippen LogP contribution in [0.1, 0.15) is 6.42 Å². The summed E-state index contributed by atoms with van der Waals surface area (Å²) in [4.78, 5) is 2.12. The summed E-state index contributed by atoms with van der Waals surface area (Å²) in [6.45, 7) is 0. The first-order valence-electron chi connectivity index (χ1n) is 4.16. The molecule has 0 atom stereocenters. The van der Waals surface area contributed by atoms with Gasteiger partial charge < -0.3 is 0 Å². The monoisotopic (exact) mass is 206 g/mol. The molecular formula is C11H10S2. The fourth-order valence-corrected chi connectivity index (χ4v) is 2.02. The van der Waals surface area contributed by atoms with E-state index in [9.17, 15) is 0 Å². The zero-order chi connectivity index (χ0) is 9.26. The number of fused-ring (bicyclic) bond motifs is 1. The second kappa shape index (κ2) is 3.64. The van der Waals surface area contributed by atoms with E-state index in [2.05, 4.69) is 49.6 Å². The molecule has 1 aromatic carbocycles. The standard InChI is InChI=1S/C11H10S2/c12-10-6-2-1-4-8-9(10)5-3-7-11(8)13/h1-5,7,12-13H,6H2. The van der Waals surface area contributed by atoms with Gasteiger partial charge in [-0.3, -0.25) is 0 Å². The Labute approximate surface area is 88.5 Å². The lowest BCUT2D eigenvalue weighted by atomic mass is 10.2. The lowest BCUT2D eigenvalue weighted by molar-refractivity contribution is 1.33. The molecule has 1 aromatic rings. The molecule has 0 radical (unpaired) electrons. The van der Waals surface area contributed by atoms with Crippen LogP contribution in [-0.4, -0.2) is 0 Å². The van der Waals surface area contributed by atoms with Crippen molar-refractivity contribution in [1.29, 1.82) is 0 Å². The molecule has 0 aromatic heterocycles. The number of hydrogen-bond acceptors (Lipinski definition) is 2. The van der Waals surface area contributed by atoms with Crippen LogP contribution in [0.25, 0.3) is 11.0 Å². The molecule has 1 aliphatic carbocycles. The molecule has 0 saturated carbocycles. The summed E-state index contributed by atoms with van der Waals surface area (Å²) in [6.07, 6.45) is 7.15. The third-order valence-corrected chi connectivity index (χ3v) is 2.92. The van der Waals surface area contributed by atoms with E-state index in [1.807, 2.05) is 12.1 Å². The Morgan fingerprint density at radius 2 is 2.00 bits per heavy atom. The molecule has 1 aliphatic rings. The molecule has 13 heavy (non-hydrogen) atoms. The Bertz CT molecular complexity index is 469. The number of thiol groups is 2. The van der Waals surface area contributed by atoms with Gasteiger partial charge in [-0.2, -0.15) is 0 Å². The van der Waals surface area contributed by atoms with E-state index < -0.39 is 0 Å². The van der Waals surface area contributed by atoms with Gasteiger partial charge in [0.25, 0.3) is 0 Å². The zero-order valence-corrected chi connectivity index (χ0v) is 8.85. The SMILES string of the molecule is SC1=c2cccc(S)c2=CC=CC1. The second-order valence-corrected chi connectivity index (χ2v) is 4.01. The van der Waals surface area contributed by atoms with Crippen molar-refractivity contribution in [1.82, 2.24) is 0 Å². The van der Waals surface area contributed by atoms with Gasteiger partial charge in [0.05, 0.1) is 0 Å². The fraction of sp³-hybridized carbons (Fsp3) is 0.0909. The topological polar surface area (TPSA) is 0 Å². The van der Waals surface area contributed by atoms with Gasteiger partial charge in [0.2, 0.25) is 0 Å². The highest BCUT2D eigenvalue weighted by atomic mass is 32.1. The van der Waals surface area contributed by atoms with Crippen LogP contribution in [0, 0.1) is 0 Å². The van der Waals surface area contributed by atoms with E-state index >= 15 is 0 Å². The summed E-state index contributed by atoms with van der Waals surface area (Å²) < 4.78 is 0. The van der Waals surface area contributed by atoms with Crippen LogP contribution in [0.3, 0.4) is 0 Å². The molecule has 0 N–H and O–H groups in total. The van der Waals surface area contributed by atoms with Crippen molar-refractivity contribution in [3.8, 4) is 0 Å². The third-order valence-electron chi connectivity index (χ3n) is 2.10. The van der Waals surface area contributed by atoms with Crippen LogP contribution in [-0.2, 0) is 0 Å². The van der Waals surface area contributed by atoms with Crippen molar-refractivity contribution in [2.45, 2.75) is 11.3 Å². The van der Waals surface area contributed by atoms with Gasteiger partial charge in [0, 0.05) is 4.90 Å². The summed E-state index contributed by atoms with van der Waals surface area (Å²) >= 11 is 8.88. The molecule has 2 heteroatoms. The minimum Gasteiger partial charge on any atom is -0.147 e. The summed E-state index contributed by atoms with van der Waals surface area (Å²) in [5.41, 5.74) is 0. The molecule has 0 amide bonds. The molecule has 0 aliphatic heterocycles. The lowest BCUT2D eigenvalue weighted by Crippen LogP contribution is -2.26. The Morgan fingerprint density at radius 3 is 2.85 bits per heavy atom. The van der Waals surface area contributed by atoms with E-state index in [-0.39, 0.29) is 0 Å². The van der Waals surface area contributed by atoms with Crippen molar-refractivity contribution in [3.05, 3.63) is 40.8 Å². The summed E-state index contributed by atoms with van der Waals surface area (Å²) in [5, 5.41) is 2.37. The highest BCUT2D eigenvalue weighted by Crippen LogP contribution is 2.08. The Morgan fingerprint density at radius 1 is 1.15 bits per heavy atom. The van der Waals surface area contributed by atoms with Gasteiger partial charge in [0.15, 0.2) is 0 Å². The van der Waals surface area contributed by atoms with Gasteiger partial charge >= 0.3 is 0 Å². The molecule has 66 valence electrons. The predicted molar refractivity (Wildman–Crippen MR) is 63.6 cm³/mol. The fourth-order valence-electron chi connectivity index (χ4n) is 1.43. The Kier molecular flexibility index (Phi) is 2.51. The first kappa shape index (κ1) is 8.97. The van der Waals surface area contributed by atoms with Gasteiger partial charge in [-0.1, -0.05) is 30.4 Å². The van der Waals surface area contributed by atoms with Crippen molar-refractivity contribution in [2.75, 3.05) is 0 Å². The molecule has 0 saturated heterocycles. The van der Waals surface area contributed by atoms with Crippen LogP contribution in [0.2, 0.25) is 0 Å². The number of benzene rings is 1. The van der Waals surface area contributed by atoms with E-state index in [0.29, 0.717) is 0 Å². The molecule has 0 fully saturated rings. The number of allylic oxidation sites excluding steroid dienone is 2. The van der Waals surface area contributed by atoms with E-state index in [0.717, 1.165) is 16.2 Å². The normalized spacial score (nSPS) is 14.8. The Hall–Kier alpha value is -0.600. The zero-order valence-electron chi connectivity index (χ0n) is 7.07. The number of rotatable bonds is 0. The predicted octanol–water partition coefficient (Wildman–Crippen LogP) is 1.75. The van der Waals surface area contributed by atoms with E-state index in [1.165, 1.54) is 10.4 Å². The average molecular weight is 206 g/mol. The smallest absolute Gasteiger partial charge is 0.0119 e. The van der Waals surface area contributed by atoms with Crippen LogP contribution in [0.4, 0.5) is 0 Å². The maximum atomic E-state index is 4.47. The quantitative estimate of drug-likeness (QED) is 0.594. The highest BCUT2D eigenvalue weighted by molar-refractivity contribution is 7.90. The molecule has 0 unspecified atom stereocenters. The van der Waals surface area contributed by atoms with Crippen LogP contribution in [0.15, 0.2) is 35.2 Å². The largest absolute Gasteiger partial charge is 0.147 e. The van der Waals surface area contributed by atoms with Crippen LogP contribution < -0.4 is 10.4 Å². The lowest BCUT2D eigenvalue weighted by Gasteiger charge is -1.97. The van der Waals surface area contributed by atoms with Crippen LogP contribution in [0.5, 0.6) is 0 Å². The molecular weight excluding hydrogens is 196 g/mol. The minimum absolute atomic E-state index is 0.907. The molecule has 0 bridgehead atoms. The maximum Gasteiger partial charge on any atom is 0.0119 e. The summed E-state index contributed by atoms with van der Waals surface area (Å²) in [6, 6.07) is 6.09. The van der Waals surface area contributed by atoms with Gasteiger partial charge in [-0.05, 0) is 27.8 Å². The van der Waals surface area contributed by atoms with Crippen molar-refractivity contribution in [2.24, 2.45) is 0 Å². The number of hydrogen-bond donors (Lipinski definition) is 2. The molecule has 0 spiro atoms. The van der Waals surface area contributed by atoms with E-state index in [1.54, 1.807) is 0 Å². The molecule has 0 heterocycles. The second-order valence-electron chi connectivity index (χ2n) is 2.98. The average Bonchev–Trinajstić information content (AvgIpc) is 2.30. The first-order chi connectivity index (χ1) is 6.29. The molecule has 0 nitrogen and oxygen atoms in total.